The molecule has 2 heterocycles. The Morgan fingerprint density at radius 2 is 2.47 bits per heavy atom. The van der Waals surface area contributed by atoms with Crippen LogP contribution in [0.3, 0.4) is 0 Å². The molecule has 6 nitrogen and oxygen atoms in total. The predicted molar refractivity (Wildman–Crippen MR) is 73.2 cm³/mol. The Morgan fingerprint density at radius 1 is 1.68 bits per heavy atom. The number of anilines is 1. The van der Waals surface area contributed by atoms with E-state index >= 15 is 0 Å². The van der Waals surface area contributed by atoms with Crippen LogP contribution >= 0.6 is 11.6 Å². The van der Waals surface area contributed by atoms with Crippen LogP contribution in [0.5, 0.6) is 0 Å². The molecular weight excluding hydrogens is 268 g/mol. The fourth-order valence-electron chi connectivity index (χ4n) is 1.90. The van der Waals surface area contributed by atoms with E-state index in [4.69, 9.17) is 22.1 Å². The van der Waals surface area contributed by atoms with Gasteiger partial charge in [-0.25, -0.2) is 4.98 Å². The number of nitrogen functional groups attached to an aromatic ring is 1. The molecule has 1 aliphatic rings. The van der Waals surface area contributed by atoms with Crippen LogP contribution < -0.4 is 11.1 Å². The Bertz CT molecular complexity index is 469. The molecule has 1 aliphatic heterocycles. The number of likely N-dealkylation sites (N-methyl/N-ethyl adjacent to an activating group) is 1. The third-order valence-electron chi connectivity index (χ3n) is 2.91. The van der Waals surface area contributed by atoms with E-state index in [0.29, 0.717) is 13.2 Å². The average Bonchev–Trinajstić information content (AvgIpc) is 2.39. The van der Waals surface area contributed by atoms with Crippen LogP contribution in [0.2, 0.25) is 5.02 Å². The molecule has 0 aromatic carbocycles. The first kappa shape index (κ1) is 14.0. The standard InChI is InChI=1S/C12H17ClN4O2/c1-17-4-5-19-8(7-17)6-15-12(18)11-9(13)2-3-10(14)16-11/h2-3,8H,4-7H2,1H3,(H2,14,16)(H,15,18). The first-order valence-electron chi connectivity index (χ1n) is 6.06. The van der Waals surface area contributed by atoms with Crippen LogP contribution in [0.4, 0.5) is 5.82 Å². The number of nitrogens with zero attached hydrogens (tertiary/aromatic N) is 2. The van der Waals surface area contributed by atoms with Crippen molar-refractivity contribution < 1.29 is 9.53 Å². The van der Waals surface area contributed by atoms with Crippen molar-refractivity contribution in [2.45, 2.75) is 6.10 Å². The maximum atomic E-state index is 12.0. The number of halogens is 1. The Hall–Kier alpha value is -1.37. The molecule has 104 valence electrons. The van der Waals surface area contributed by atoms with Gasteiger partial charge in [0.05, 0.1) is 17.7 Å². The summed E-state index contributed by atoms with van der Waals surface area (Å²) >= 11 is 5.92. The highest BCUT2D eigenvalue weighted by Crippen LogP contribution is 2.15. The minimum atomic E-state index is -0.339. The van der Waals surface area contributed by atoms with Gasteiger partial charge in [-0.3, -0.25) is 4.79 Å². The summed E-state index contributed by atoms with van der Waals surface area (Å²) in [4.78, 5) is 18.1. The number of rotatable bonds is 3. The zero-order valence-corrected chi connectivity index (χ0v) is 11.5. The lowest BCUT2D eigenvalue weighted by molar-refractivity contribution is -0.0175. The highest BCUT2D eigenvalue weighted by molar-refractivity contribution is 6.33. The number of aromatic nitrogens is 1. The molecule has 3 N–H and O–H groups in total. The van der Waals surface area contributed by atoms with Crippen molar-refractivity contribution >= 4 is 23.3 Å². The topological polar surface area (TPSA) is 80.5 Å². The molecule has 0 bridgehead atoms. The van der Waals surface area contributed by atoms with Crippen molar-refractivity contribution in [3.05, 3.63) is 22.8 Å². The lowest BCUT2D eigenvalue weighted by Gasteiger charge is -2.30. The first-order valence-corrected chi connectivity index (χ1v) is 6.44. The molecule has 1 amide bonds. The monoisotopic (exact) mass is 284 g/mol. The van der Waals surface area contributed by atoms with E-state index in [0.717, 1.165) is 13.1 Å². The van der Waals surface area contributed by atoms with Gasteiger partial charge in [-0.05, 0) is 19.2 Å². The molecule has 0 aliphatic carbocycles. The minimum absolute atomic E-state index is 0.0115. The van der Waals surface area contributed by atoms with Gasteiger partial charge < -0.3 is 20.7 Å². The maximum absolute atomic E-state index is 12.0. The summed E-state index contributed by atoms with van der Waals surface area (Å²) in [5.41, 5.74) is 5.69. The number of morpholine rings is 1. The van der Waals surface area contributed by atoms with Crippen LogP contribution in [0.15, 0.2) is 12.1 Å². The molecule has 1 unspecified atom stereocenters. The smallest absolute Gasteiger partial charge is 0.271 e. The maximum Gasteiger partial charge on any atom is 0.271 e. The molecule has 19 heavy (non-hydrogen) atoms. The predicted octanol–water partition coefficient (Wildman–Crippen LogP) is 0.378. The molecule has 1 aromatic rings. The molecule has 1 atom stereocenters. The number of ether oxygens (including phenoxy) is 1. The fourth-order valence-corrected chi connectivity index (χ4v) is 2.09. The van der Waals surface area contributed by atoms with Gasteiger partial charge >= 0.3 is 0 Å². The average molecular weight is 285 g/mol. The number of hydrogen-bond donors (Lipinski definition) is 2. The lowest BCUT2D eigenvalue weighted by Crippen LogP contribution is -2.46. The van der Waals surface area contributed by atoms with Crippen molar-refractivity contribution in [1.82, 2.24) is 15.2 Å². The molecule has 0 saturated carbocycles. The zero-order chi connectivity index (χ0) is 13.8. The van der Waals surface area contributed by atoms with E-state index in [9.17, 15) is 4.79 Å². The fraction of sp³-hybridized carbons (Fsp3) is 0.500. The Kier molecular flexibility index (Phi) is 4.57. The molecule has 2 rings (SSSR count). The molecule has 1 aromatic heterocycles. The molecule has 0 spiro atoms. The molecule has 7 heteroatoms. The number of carbonyl (C=O) groups is 1. The van der Waals surface area contributed by atoms with E-state index in [1.165, 1.54) is 0 Å². The van der Waals surface area contributed by atoms with Crippen LogP contribution in [-0.4, -0.2) is 55.2 Å². The number of nitrogens with two attached hydrogens (primary N) is 1. The number of nitrogens with one attached hydrogen (secondary N) is 1. The second-order valence-corrected chi connectivity index (χ2v) is 4.94. The highest BCUT2D eigenvalue weighted by atomic mass is 35.5. The van der Waals surface area contributed by atoms with E-state index in [1.807, 2.05) is 7.05 Å². The SMILES string of the molecule is CN1CCOC(CNC(=O)c2nc(N)ccc2Cl)C1. The van der Waals surface area contributed by atoms with E-state index in [1.54, 1.807) is 12.1 Å². The number of hydrogen-bond acceptors (Lipinski definition) is 5. The highest BCUT2D eigenvalue weighted by Gasteiger charge is 2.19. The van der Waals surface area contributed by atoms with Gasteiger partial charge in [0.15, 0.2) is 0 Å². The number of pyridine rings is 1. The third-order valence-corrected chi connectivity index (χ3v) is 3.22. The lowest BCUT2D eigenvalue weighted by atomic mass is 10.2. The van der Waals surface area contributed by atoms with Gasteiger partial charge in [0.25, 0.3) is 5.91 Å². The Morgan fingerprint density at radius 3 is 3.21 bits per heavy atom. The summed E-state index contributed by atoms with van der Waals surface area (Å²) in [5.74, 6) is -0.0719. The van der Waals surface area contributed by atoms with Gasteiger partial charge in [-0.15, -0.1) is 0 Å². The summed E-state index contributed by atoms with van der Waals surface area (Å²) in [5, 5.41) is 3.05. The zero-order valence-electron chi connectivity index (χ0n) is 10.7. The van der Waals surface area contributed by atoms with Crippen molar-refractivity contribution in [2.24, 2.45) is 0 Å². The molecule has 1 saturated heterocycles. The second-order valence-electron chi connectivity index (χ2n) is 4.53. The third kappa shape index (κ3) is 3.79. The molecule has 0 radical (unpaired) electrons. The number of amides is 1. The van der Waals surface area contributed by atoms with Crippen LogP contribution in [-0.2, 0) is 4.74 Å². The largest absolute Gasteiger partial charge is 0.384 e. The van der Waals surface area contributed by atoms with Gasteiger partial charge in [0, 0.05) is 19.6 Å². The van der Waals surface area contributed by atoms with Gasteiger partial charge in [0.1, 0.15) is 11.5 Å². The molecular formula is C12H17ClN4O2. The minimum Gasteiger partial charge on any atom is -0.384 e. The first-order chi connectivity index (χ1) is 9.06. The van der Waals surface area contributed by atoms with Crippen LogP contribution in [0, 0.1) is 0 Å². The van der Waals surface area contributed by atoms with Crippen molar-refractivity contribution in [2.75, 3.05) is 39.0 Å². The van der Waals surface area contributed by atoms with Crippen molar-refractivity contribution in [1.29, 1.82) is 0 Å². The van der Waals surface area contributed by atoms with E-state index in [-0.39, 0.29) is 28.5 Å². The van der Waals surface area contributed by atoms with Gasteiger partial charge in [0.2, 0.25) is 0 Å². The summed E-state index contributed by atoms with van der Waals surface area (Å²) in [6.45, 7) is 2.80. The van der Waals surface area contributed by atoms with E-state index < -0.39 is 0 Å². The van der Waals surface area contributed by atoms with Crippen molar-refractivity contribution in [3.63, 3.8) is 0 Å². The Labute approximate surface area is 116 Å². The van der Waals surface area contributed by atoms with Crippen molar-refractivity contribution in [3.8, 4) is 0 Å². The summed E-state index contributed by atoms with van der Waals surface area (Å²) in [6.07, 6.45) is -0.0115. The van der Waals surface area contributed by atoms with E-state index in [2.05, 4.69) is 15.2 Å². The second kappa shape index (κ2) is 6.18. The summed E-state index contributed by atoms with van der Waals surface area (Å²) in [6, 6.07) is 3.11. The Balaban J connectivity index is 1.92. The normalized spacial score (nSPS) is 20.2. The summed E-state index contributed by atoms with van der Waals surface area (Å²) < 4.78 is 5.55. The van der Waals surface area contributed by atoms with Crippen LogP contribution in [0.1, 0.15) is 10.5 Å². The van der Waals surface area contributed by atoms with Gasteiger partial charge in [-0.1, -0.05) is 11.6 Å². The quantitative estimate of drug-likeness (QED) is 0.839. The number of carbonyl (C=O) groups excluding carboxylic acids is 1. The van der Waals surface area contributed by atoms with Crippen LogP contribution in [0.25, 0.3) is 0 Å². The molecule has 1 fully saturated rings. The summed E-state index contributed by atoms with van der Waals surface area (Å²) in [7, 11) is 2.02. The van der Waals surface area contributed by atoms with Gasteiger partial charge in [-0.2, -0.15) is 0 Å².